The van der Waals surface area contributed by atoms with Crippen LogP contribution in [0.15, 0.2) is 24.3 Å². The molecule has 4 atom stereocenters. The Hall–Kier alpha value is -2.63. The third-order valence-corrected chi connectivity index (χ3v) is 5.71. The lowest BCUT2D eigenvalue weighted by molar-refractivity contribution is -0.221. The van der Waals surface area contributed by atoms with Gasteiger partial charge in [0.05, 0.1) is 6.61 Å². The summed E-state index contributed by atoms with van der Waals surface area (Å²) in [6, 6.07) is 2.22. The molecule has 7 nitrogen and oxygen atoms in total. The highest BCUT2D eigenvalue weighted by Gasteiger charge is 2.77. The number of ether oxygens (including phenoxy) is 4. The summed E-state index contributed by atoms with van der Waals surface area (Å²) in [7, 11) is 0. The molecule has 0 bridgehead atoms. The number of nitrogens with zero attached hydrogens (tertiary/aromatic N) is 1. The molecule has 0 spiro atoms. The van der Waals surface area contributed by atoms with Crippen LogP contribution in [0.3, 0.4) is 0 Å². The van der Waals surface area contributed by atoms with Gasteiger partial charge in [0.1, 0.15) is 23.2 Å². The number of benzene rings is 1. The summed E-state index contributed by atoms with van der Waals surface area (Å²) in [5, 5.41) is -0.822. The molecular formula is C22H25F4NO6S. The summed E-state index contributed by atoms with van der Waals surface area (Å²) >= 11 is 4.86. The Morgan fingerprint density at radius 2 is 1.79 bits per heavy atom. The third-order valence-electron chi connectivity index (χ3n) is 5.53. The third kappa shape index (κ3) is 5.53. The quantitative estimate of drug-likeness (QED) is 0.323. The van der Waals surface area contributed by atoms with Gasteiger partial charge in [0.2, 0.25) is 6.10 Å². The number of carbonyl (C=O) groups is 2. The molecule has 1 aliphatic carbocycles. The zero-order valence-electron chi connectivity index (χ0n) is 19.0. The molecule has 1 unspecified atom stereocenters. The molecule has 2 fully saturated rings. The first-order chi connectivity index (χ1) is 15.7. The Morgan fingerprint density at radius 3 is 2.32 bits per heavy atom. The van der Waals surface area contributed by atoms with E-state index in [1.54, 1.807) is 27.7 Å². The normalized spacial score (nSPS) is 24.6. The fourth-order valence-corrected chi connectivity index (χ4v) is 4.39. The molecule has 1 aromatic carbocycles. The molecule has 0 aromatic heterocycles. The molecule has 1 aliphatic heterocycles. The second kappa shape index (κ2) is 9.20. The van der Waals surface area contributed by atoms with Gasteiger partial charge in [0, 0.05) is 23.7 Å². The molecular weight excluding hydrogens is 482 g/mol. The lowest BCUT2D eigenvalue weighted by Crippen LogP contribution is -2.46. The maximum absolute atomic E-state index is 14.1. The van der Waals surface area contributed by atoms with Crippen molar-refractivity contribution in [2.24, 2.45) is 5.41 Å². The maximum atomic E-state index is 14.1. The average Bonchev–Trinajstić information content (AvgIpc) is 3.30. The number of amides is 1. The van der Waals surface area contributed by atoms with Crippen molar-refractivity contribution in [3.63, 3.8) is 0 Å². The molecule has 1 aromatic rings. The summed E-state index contributed by atoms with van der Waals surface area (Å²) in [5.41, 5.74) is -2.57. The number of carbonyl (C=O) groups excluding carboxylic acids is 2. The van der Waals surface area contributed by atoms with E-state index in [0.29, 0.717) is 0 Å². The van der Waals surface area contributed by atoms with Gasteiger partial charge in [-0.25, -0.2) is 14.0 Å². The largest absolute Gasteiger partial charge is 0.464 e. The van der Waals surface area contributed by atoms with Gasteiger partial charge < -0.3 is 18.9 Å². The van der Waals surface area contributed by atoms with E-state index in [4.69, 9.17) is 31.2 Å². The predicted molar refractivity (Wildman–Crippen MR) is 115 cm³/mol. The van der Waals surface area contributed by atoms with Crippen LogP contribution in [0.25, 0.3) is 0 Å². The van der Waals surface area contributed by atoms with Gasteiger partial charge in [-0.1, -0.05) is 0 Å². The second-order valence-corrected chi connectivity index (χ2v) is 9.49. The Morgan fingerprint density at radius 1 is 1.18 bits per heavy atom. The highest BCUT2D eigenvalue weighted by Crippen LogP contribution is 2.65. The van der Waals surface area contributed by atoms with Crippen LogP contribution >= 0.6 is 12.2 Å². The molecule has 188 valence electrons. The van der Waals surface area contributed by atoms with Crippen LogP contribution in [0.4, 0.5) is 22.4 Å². The standard InChI is InChI=1S/C22H25F4NO6S/c1-5-30-16(28)14-10-21(11-15(21)27(14)18(29)33-20(2,3)4)17(22(24,25)26)32-19(34)31-13-8-6-12(23)7-9-13/h6-9,14-15,17H,5,10-11H2,1-4H3/t14-,15-,17?,21-/m0/s1. The molecule has 1 saturated carbocycles. The molecule has 12 heteroatoms. The fraction of sp³-hybridized carbons (Fsp3) is 0.591. The number of fused-ring (bicyclic) bond motifs is 1. The number of halogens is 4. The van der Waals surface area contributed by atoms with Gasteiger partial charge in [-0.2, -0.15) is 13.2 Å². The average molecular weight is 508 g/mol. The molecule has 1 saturated heterocycles. The monoisotopic (exact) mass is 507 g/mol. The number of esters is 1. The van der Waals surface area contributed by atoms with Crippen molar-refractivity contribution in [3.05, 3.63) is 30.1 Å². The first kappa shape index (κ1) is 26.0. The van der Waals surface area contributed by atoms with Crippen LogP contribution in [-0.4, -0.2) is 58.8 Å². The number of hydrogen-bond acceptors (Lipinski definition) is 7. The van der Waals surface area contributed by atoms with E-state index in [1.807, 2.05) is 0 Å². The molecule has 3 rings (SSSR count). The summed E-state index contributed by atoms with van der Waals surface area (Å²) in [6.07, 6.45) is -8.69. The molecule has 1 heterocycles. The lowest BCUT2D eigenvalue weighted by atomic mass is 9.92. The minimum absolute atomic E-state index is 0.00997. The summed E-state index contributed by atoms with van der Waals surface area (Å²) in [4.78, 5) is 26.3. The van der Waals surface area contributed by atoms with E-state index in [1.165, 1.54) is 12.1 Å². The lowest BCUT2D eigenvalue weighted by Gasteiger charge is -2.29. The van der Waals surface area contributed by atoms with E-state index in [9.17, 15) is 27.2 Å². The topological polar surface area (TPSA) is 74.3 Å². The number of rotatable bonds is 5. The van der Waals surface area contributed by atoms with Gasteiger partial charge in [-0.05, 0) is 64.8 Å². The number of piperidine rings is 1. The van der Waals surface area contributed by atoms with E-state index in [0.717, 1.165) is 17.0 Å². The van der Waals surface area contributed by atoms with Crippen LogP contribution in [0.5, 0.6) is 5.75 Å². The van der Waals surface area contributed by atoms with Gasteiger partial charge in [-0.15, -0.1) is 0 Å². The Bertz CT molecular complexity index is 948. The summed E-state index contributed by atoms with van der Waals surface area (Å²) in [6.45, 7) is 6.35. The van der Waals surface area contributed by atoms with Crippen molar-refractivity contribution in [1.82, 2.24) is 4.90 Å². The molecule has 0 radical (unpaired) electrons. The van der Waals surface area contributed by atoms with Crippen LogP contribution < -0.4 is 4.74 Å². The van der Waals surface area contributed by atoms with Gasteiger partial charge in [-0.3, -0.25) is 4.90 Å². The Balaban J connectivity index is 1.85. The van der Waals surface area contributed by atoms with Crippen LogP contribution in [0.1, 0.15) is 40.5 Å². The first-order valence-electron chi connectivity index (χ1n) is 10.6. The van der Waals surface area contributed by atoms with Gasteiger partial charge >= 0.3 is 23.5 Å². The highest BCUT2D eigenvalue weighted by molar-refractivity contribution is 7.79. The van der Waals surface area contributed by atoms with Crippen molar-refractivity contribution >= 4 is 29.5 Å². The minimum atomic E-state index is -4.89. The Labute approximate surface area is 199 Å². The van der Waals surface area contributed by atoms with Gasteiger partial charge in [0.15, 0.2) is 0 Å². The molecule has 2 aliphatic rings. The van der Waals surface area contributed by atoms with Crippen LogP contribution in [-0.2, 0) is 19.0 Å². The molecule has 1 amide bonds. The smallest absolute Gasteiger partial charge is 0.426 e. The van der Waals surface area contributed by atoms with Crippen LogP contribution in [0.2, 0.25) is 0 Å². The van der Waals surface area contributed by atoms with Crippen molar-refractivity contribution < 1.29 is 46.1 Å². The number of alkyl halides is 3. The van der Waals surface area contributed by atoms with E-state index < -0.39 is 58.5 Å². The maximum Gasteiger partial charge on any atom is 0.426 e. The fourth-order valence-electron chi connectivity index (χ4n) is 4.19. The van der Waals surface area contributed by atoms with Crippen molar-refractivity contribution in [2.45, 2.75) is 70.5 Å². The van der Waals surface area contributed by atoms with Crippen LogP contribution in [0, 0.1) is 11.2 Å². The summed E-state index contributed by atoms with van der Waals surface area (Å²) < 4.78 is 76.0. The highest BCUT2D eigenvalue weighted by atomic mass is 32.1. The van der Waals surface area contributed by atoms with Crippen molar-refractivity contribution in [3.8, 4) is 5.75 Å². The minimum Gasteiger partial charge on any atom is -0.464 e. The Kier molecular flexibility index (Phi) is 7.03. The molecule has 0 N–H and O–H groups in total. The number of likely N-dealkylation sites (tertiary alicyclic amines) is 1. The number of hydrogen-bond donors (Lipinski definition) is 0. The first-order valence-corrected chi connectivity index (χ1v) is 11.0. The van der Waals surface area contributed by atoms with E-state index in [2.05, 4.69) is 0 Å². The zero-order valence-corrected chi connectivity index (χ0v) is 19.8. The second-order valence-electron chi connectivity index (χ2n) is 9.16. The predicted octanol–water partition coefficient (Wildman–Crippen LogP) is 4.77. The number of thiocarbonyl (C=S) groups is 1. The summed E-state index contributed by atoms with van der Waals surface area (Å²) in [5.74, 6) is -1.40. The van der Waals surface area contributed by atoms with E-state index >= 15 is 0 Å². The van der Waals surface area contributed by atoms with Gasteiger partial charge in [0.25, 0.3) is 0 Å². The van der Waals surface area contributed by atoms with Crippen molar-refractivity contribution in [1.29, 1.82) is 0 Å². The van der Waals surface area contributed by atoms with Crippen molar-refractivity contribution in [2.75, 3.05) is 6.61 Å². The zero-order chi connectivity index (χ0) is 25.5. The molecule has 34 heavy (non-hydrogen) atoms. The SMILES string of the molecule is CCOC(=O)[C@@H]1C[C@]2(C(OC(=S)Oc3ccc(F)cc3)C(F)(F)F)C[C@@H]2N1C(=O)OC(C)(C)C. The van der Waals surface area contributed by atoms with E-state index in [-0.39, 0.29) is 25.2 Å².